The van der Waals surface area contributed by atoms with Crippen LogP contribution in [-0.4, -0.2) is 30.1 Å². The van der Waals surface area contributed by atoms with E-state index in [4.69, 9.17) is 16.7 Å². The summed E-state index contributed by atoms with van der Waals surface area (Å²) in [5, 5.41) is 14.3. The fraction of sp³-hybridized carbons (Fsp3) is 0.333. The molecule has 1 amide bonds. The molecule has 0 saturated carbocycles. The van der Waals surface area contributed by atoms with E-state index in [1.165, 1.54) is 19.1 Å². The SMILES string of the molecule is CC(=O)NCCNC(C(=O)O)c1c(F)cccc1Cl. The summed E-state index contributed by atoms with van der Waals surface area (Å²) in [5.74, 6) is -2.15. The minimum Gasteiger partial charge on any atom is -0.480 e. The van der Waals surface area contributed by atoms with Gasteiger partial charge in [-0.3, -0.25) is 14.9 Å². The van der Waals surface area contributed by atoms with Crippen molar-refractivity contribution in [2.75, 3.05) is 13.1 Å². The number of nitrogens with one attached hydrogen (secondary N) is 2. The van der Waals surface area contributed by atoms with Crippen LogP contribution in [0.2, 0.25) is 5.02 Å². The molecular formula is C12H14ClFN2O3. The molecule has 1 atom stereocenters. The summed E-state index contributed by atoms with van der Waals surface area (Å²) in [6.07, 6.45) is 0. The number of amides is 1. The van der Waals surface area contributed by atoms with Crippen molar-refractivity contribution in [2.45, 2.75) is 13.0 Å². The van der Waals surface area contributed by atoms with Gasteiger partial charge in [0.1, 0.15) is 11.9 Å². The van der Waals surface area contributed by atoms with Crippen molar-refractivity contribution in [1.29, 1.82) is 0 Å². The molecule has 0 spiro atoms. The van der Waals surface area contributed by atoms with E-state index in [9.17, 15) is 14.0 Å². The van der Waals surface area contributed by atoms with Gasteiger partial charge in [0.05, 0.1) is 0 Å². The average Bonchev–Trinajstić information content (AvgIpc) is 2.30. The molecule has 1 aromatic rings. The van der Waals surface area contributed by atoms with Gasteiger partial charge in [-0.25, -0.2) is 4.39 Å². The third kappa shape index (κ3) is 4.50. The molecule has 1 aromatic carbocycles. The van der Waals surface area contributed by atoms with Gasteiger partial charge in [0.2, 0.25) is 5.91 Å². The van der Waals surface area contributed by atoms with Gasteiger partial charge < -0.3 is 10.4 Å². The van der Waals surface area contributed by atoms with E-state index >= 15 is 0 Å². The Morgan fingerprint density at radius 1 is 1.42 bits per heavy atom. The summed E-state index contributed by atoms with van der Waals surface area (Å²) in [6, 6.07) is 2.71. The fourth-order valence-corrected chi connectivity index (χ4v) is 1.83. The van der Waals surface area contributed by atoms with E-state index < -0.39 is 17.8 Å². The quantitative estimate of drug-likeness (QED) is 0.690. The largest absolute Gasteiger partial charge is 0.480 e. The molecule has 0 heterocycles. The Bertz CT molecular complexity index is 462. The van der Waals surface area contributed by atoms with E-state index in [1.807, 2.05) is 0 Å². The molecule has 5 nitrogen and oxygen atoms in total. The van der Waals surface area contributed by atoms with Gasteiger partial charge >= 0.3 is 5.97 Å². The number of hydrogen-bond acceptors (Lipinski definition) is 3. The van der Waals surface area contributed by atoms with Crippen molar-refractivity contribution >= 4 is 23.5 Å². The zero-order chi connectivity index (χ0) is 14.4. The van der Waals surface area contributed by atoms with E-state index in [0.29, 0.717) is 0 Å². The highest BCUT2D eigenvalue weighted by Gasteiger charge is 2.24. The number of rotatable bonds is 6. The molecular weight excluding hydrogens is 275 g/mol. The molecule has 0 bridgehead atoms. The van der Waals surface area contributed by atoms with Crippen molar-refractivity contribution in [3.05, 3.63) is 34.6 Å². The highest BCUT2D eigenvalue weighted by atomic mass is 35.5. The molecule has 1 rings (SSSR count). The molecule has 19 heavy (non-hydrogen) atoms. The molecule has 0 aliphatic carbocycles. The normalized spacial score (nSPS) is 11.9. The van der Waals surface area contributed by atoms with E-state index in [1.54, 1.807) is 0 Å². The number of carboxylic acid groups (broad SMARTS) is 1. The van der Waals surface area contributed by atoms with Crippen molar-refractivity contribution in [3.63, 3.8) is 0 Å². The number of aliphatic carboxylic acids is 1. The number of carbonyl (C=O) groups excluding carboxylic acids is 1. The fourth-order valence-electron chi connectivity index (χ4n) is 1.55. The zero-order valence-electron chi connectivity index (χ0n) is 10.2. The first-order valence-corrected chi connectivity index (χ1v) is 5.95. The summed E-state index contributed by atoms with van der Waals surface area (Å²) in [7, 11) is 0. The minimum atomic E-state index is -1.26. The lowest BCUT2D eigenvalue weighted by molar-refractivity contribution is -0.139. The standard InChI is InChI=1S/C12H14ClFN2O3/c1-7(17)15-5-6-16-11(12(18)19)10-8(13)3-2-4-9(10)14/h2-4,11,16H,5-6H2,1H3,(H,15,17)(H,18,19). The van der Waals surface area contributed by atoms with Crippen LogP contribution >= 0.6 is 11.6 Å². The van der Waals surface area contributed by atoms with Gasteiger partial charge in [0.25, 0.3) is 0 Å². The van der Waals surface area contributed by atoms with E-state index in [0.717, 1.165) is 6.07 Å². The maximum Gasteiger partial charge on any atom is 0.325 e. The lowest BCUT2D eigenvalue weighted by Gasteiger charge is -2.17. The van der Waals surface area contributed by atoms with Gasteiger partial charge in [-0.2, -0.15) is 0 Å². The van der Waals surface area contributed by atoms with Crippen molar-refractivity contribution < 1.29 is 19.1 Å². The Kier molecular flexibility index (Phi) is 5.72. The first-order valence-electron chi connectivity index (χ1n) is 5.58. The van der Waals surface area contributed by atoms with Gasteiger partial charge in [0, 0.05) is 30.6 Å². The molecule has 7 heteroatoms. The lowest BCUT2D eigenvalue weighted by Crippen LogP contribution is -2.36. The Balaban J connectivity index is 2.78. The van der Waals surface area contributed by atoms with Crippen LogP contribution in [0.5, 0.6) is 0 Å². The monoisotopic (exact) mass is 288 g/mol. The zero-order valence-corrected chi connectivity index (χ0v) is 11.0. The molecule has 1 unspecified atom stereocenters. The molecule has 0 fully saturated rings. The average molecular weight is 289 g/mol. The summed E-state index contributed by atoms with van der Waals surface area (Å²) in [4.78, 5) is 21.8. The molecule has 0 aliphatic rings. The van der Waals surface area contributed by atoms with Gasteiger partial charge in [-0.1, -0.05) is 17.7 Å². The van der Waals surface area contributed by atoms with Crippen molar-refractivity contribution in [1.82, 2.24) is 10.6 Å². The molecule has 0 aromatic heterocycles. The first-order chi connectivity index (χ1) is 8.93. The van der Waals surface area contributed by atoms with Crippen LogP contribution in [0.4, 0.5) is 4.39 Å². The lowest BCUT2D eigenvalue weighted by atomic mass is 10.1. The van der Waals surface area contributed by atoms with Crippen LogP contribution in [0.15, 0.2) is 18.2 Å². The Morgan fingerprint density at radius 2 is 2.11 bits per heavy atom. The van der Waals surface area contributed by atoms with Crippen LogP contribution in [0.3, 0.4) is 0 Å². The van der Waals surface area contributed by atoms with Crippen molar-refractivity contribution in [2.24, 2.45) is 0 Å². The predicted octanol–water partition coefficient (Wildman–Crippen LogP) is 1.33. The predicted molar refractivity (Wildman–Crippen MR) is 68.5 cm³/mol. The molecule has 0 saturated heterocycles. The van der Waals surface area contributed by atoms with Crippen LogP contribution in [0, 0.1) is 5.82 Å². The number of carboxylic acids is 1. The summed E-state index contributed by atoms with van der Waals surface area (Å²) in [5.41, 5.74) is -0.112. The van der Waals surface area contributed by atoms with Crippen molar-refractivity contribution in [3.8, 4) is 0 Å². The number of benzene rings is 1. The van der Waals surface area contributed by atoms with Crippen LogP contribution < -0.4 is 10.6 Å². The second-order valence-corrected chi connectivity index (χ2v) is 4.25. The number of halogens is 2. The second kappa shape index (κ2) is 7.06. The molecule has 104 valence electrons. The van der Waals surface area contributed by atoms with Crippen LogP contribution in [-0.2, 0) is 9.59 Å². The summed E-state index contributed by atoms with van der Waals surface area (Å²) < 4.78 is 13.6. The number of hydrogen-bond donors (Lipinski definition) is 3. The van der Waals surface area contributed by atoms with Gasteiger partial charge in [0.15, 0.2) is 0 Å². The number of carbonyl (C=O) groups is 2. The van der Waals surface area contributed by atoms with Gasteiger partial charge in [-0.05, 0) is 12.1 Å². The Morgan fingerprint density at radius 3 is 2.63 bits per heavy atom. The highest BCUT2D eigenvalue weighted by Crippen LogP contribution is 2.25. The maximum atomic E-state index is 13.6. The Labute approximate surface area is 114 Å². The van der Waals surface area contributed by atoms with Crippen LogP contribution in [0.25, 0.3) is 0 Å². The molecule has 3 N–H and O–H groups in total. The molecule has 0 aliphatic heterocycles. The third-order valence-electron chi connectivity index (χ3n) is 2.38. The summed E-state index contributed by atoms with van der Waals surface area (Å²) >= 11 is 5.82. The third-order valence-corrected chi connectivity index (χ3v) is 2.71. The smallest absolute Gasteiger partial charge is 0.325 e. The molecule has 0 radical (unpaired) electrons. The minimum absolute atomic E-state index is 0.0411. The topological polar surface area (TPSA) is 78.4 Å². The van der Waals surface area contributed by atoms with Gasteiger partial charge in [-0.15, -0.1) is 0 Å². The second-order valence-electron chi connectivity index (χ2n) is 3.84. The maximum absolute atomic E-state index is 13.6. The van der Waals surface area contributed by atoms with Crippen LogP contribution in [0.1, 0.15) is 18.5 Å². The first kappa shape index (κ1) is 15.4. The summed E-state index contributed by atoms with van der Waals surface area (Å²) in [6.45, 7) is 1.77. The van der Waals surface area contributed by atoms with E-state index in [-0.39, 0.29) is 29.6 Å². The Hall–Kier alpha value is -1.66. The van der Waals surface area contributed by atoms with E-state index in [2.05, 4.69) is 10.6 Å². The highest BCUT2D eigenvalue weighted by molar-refractivity contribution is 6.31.